The fourth-order valence-corrected chi connectivity index (χ4v) is 2.91. The smallest absolute Gasteiger partial charge is 0.348 e. The first kappa shape index (κ1) is 18.5. The van der Waals surface area contributed by atoms with Gasteiger partial charge in [0.1, 0.15) is 17.2 Å². The van der Waals surface area contributed by atoms with E-state index < -0.39 is 23.6 Å². The van der Waals surface area contributed by atoms with Gasteiger partial charge in [0.05, 0.1) is 0 Å². The highest BCUT2D eigenvalue weighted by molar-refractivity contribution is 6.00. The highest BCUT2D eigenvalue weighted by Crippen LogP contribution is 2.37. The zero-order valence-corrected chi connectivity index (χ0v) is 14.5. The Morgan fingerprint density at radius 3 is 2.35 bits per heavy atom. The van der Waals surface area contributed by atoms with Crippen LogP contribution in [0.25, 0.3) is 11.1 Å². The molecule has 3 rings (SSSR count). The van der Waals surface area contributed by atoms with Crippen LogP contribution in [0.4, 0.5) is 17.6 Å². The van der Waals surface area contributed by atoms with Crippen molar-refractivity contribution in [2.24, 2.45) is 5.92 Å². The molecule has 1 aromatic carbocycles. The third kappa shape index (κ3) is 3.92. The lowest BCUT2D eigenvalue weighted by atomic mass is 10.0. The van der Waals surface area contributed by atoms with Crippen molar-refractivity contribution >= 4 is 5.91 Å². The van der Waals surface area contributed by atoms with Gasteiger partial charge in [-0.15, -0.1) is 0 Å². The fourth-order valence-electron chi connectivity index (χ4n) is 2.91. The molecule has 1 aliphatic carbocycles. The number of carbonyl (C=O) groups is 1. The van der Waals surface area contributed by atoms with Gasteiger partial charge in [-0.3, -0.25) is 4.79 Å². The van der Waals surface area contributed by atoms with E-state index in [0.29, 0.717) is 5.56 Å². The Morgan fingerprint density at radius 2 is 1.85 bits per heavy atom. The number of rotatable bonds is 5. The quantitative estimate of drug-likeness (QED) is 0.752. The van der Waals surface area contributed by atoms with Crippen LogP contribution >= 0.6 is 0 Å². The zero-order valence-electron chi connectivity index (χ0n) is 14.5. The number of hydrogen-bond acceptors (Lipinski definition) is 1. The van der Waals surface area contributed by atoms with Crippen molar-refractivity contribution in [3.8, 4) is 11.1 Å². The van der Waals surface area contributed by atoms with Gasteiger partial charge in [-0.1, -0.05) is 26.0 Å². The Morgan fingerprint density at radius 1 is 1.23 bits per heavy atom. The number of nitrogens with one attached hydrogen (secondary N) is 1. The minimum Gasteiger partial charge on any atom is -0.348 e. The summed E-state index contributed by atoms with van der Waals surface area (Å²) in [5.41, 5.74) is -0.354. The molecule has 2 aromatic rings. The van der Waals surface area contributed by atoms with Crippen LogP contribution in [0.3, 0.4) is 0 Å². The van der Waals surface area contributed by atoms with E-state index in [1.54, 1.807) is 13.8 Å². The predicted octanol–water partition coefficient (Wildman–Crippen LogP) is 4.86. The summed E-state index contributed by atoms with van der Waals surface area (Å²) in [5.74, 6) is -1.10. The first-order chi connectivity index (χ1) is 12.2. The summed E-state index contributed by atoms with van der Waals surface area (Å²) in [7, 11) is 0. The first-order valence-corrected chi connectivity index (χ1v) is 8.54. The second kappa shape index (κ2) is 6.78. The van der Waals surface area contributed by atoms with E-state index in [0.717, 1.165) is 23.5 Å². The number of amides is 1. The van der Waals surface area contributed by atoms with E-state index >= 15 is 0 Å². The van der Waals surface area contributed by atoms with E-state index in [9.17, 15) is 22.4 Å². The summed E-state index contributed by atoms with van der Waals surface area (Å²) in [4.78, 5) is 12.7. The fraction of sp³-hybridized carbons (Fsp3) is 0.421. The van der Waals surface area contributed by atoms with Crippen molar-refractivity contribution < 1.29 is 22.4 Å². The number of hydrogen-bond donors (Lipinski definition) is 1. The lowest BCUT2D eigenvalue weighted by Crippen LogP contribution is -2.30. The van der Waals surface area contributed by atoms with Crippen LogP contribution in [0.2, 0.25) is 0 Å². The number of alkyl halides is 3. The minimum atomic E-state index is -4.60. The number of aromatic nitrogens is 1. The van der Waals surface area contributed by atoms with Gasteiger partial charge in [0.25, 0.3) is 5.91 Å². The molecule has 1 aromatic heterocycles. The normalized spacial score (nSPS) is 14.7. The molecule has 1 aliphatic rings. The molecule has 0 spiro atoms. The summed E-state index contributed by atoms with van der Waals surface area (Å²) in [6.07, 6.45) is -2.94. The summed E-state index contributed by atoms with van der Waals surface area (Å²) in [6, 6.07) is 6.12. The summed E-state index contributed by atoms with van der Waals surface area (Å²) < 4.78 is 55.1. The van der Waals surface area contributed by atoms with Gasteiger partial charge in [0, 0.05) is 18.2 Å². The van der Waals surface area contributed by atoms with Crippen LogP contribution < -0.4 is 5.32 Å². The molecule has 1 saturated carbocycles. The Balaban J connectivity index is 2.18. The van der Waals surface area contributed by atoms with Gasteiger partial charge < -0.3 is 9.88 Å². The molecule has 3 nitrogen and oxygen atoms in total. The van der Waals surface area contributed by atoms with Crippen molar-refractivity contribution in [3.05, 3.63) is 47.5 Å². The van der Waals surface area contributed by atoms with E-state index in [-0.39, 0.29) is 29.8 Å². The highest BCUT2D eigenvalue weighted by Gasteiger charge is 2.39. The van der Waals surface area contributed by atoms with E-state index in [2.05, 4.69) is 5.32 Å². The van der Waals surface area contributed by atoms with Crippen molar-refractivity contribution in [3.63, 3.8) is 0 Å². The minimum absolute atomic E-state index is 0.0142. The predicted molar refractivity (Wildman–Crippen MR) is 90.2 cm³/mol. The van der Waals surface area contributed by atoms with Crippen LogP contribution in [-0.4, -0.2) is 16.5 Å². The largest absolute Gasteiger partial charge is 0.431 e. The molecule has 0 aliphatic heterocycles. The second-order valence-corrected chi connectivity index (χ2v) is 7.05. The topological polar surface area (TPSA) is 34.0 Å². The summed E-state index contributed by atoms with van der Waals surface area (Å²) in [5, 5.41) is 2.77. The third-order valence-electron chi connectivity index (χ3n) is 4.22. The SMILES string of the molecule is CC(C)Cn1c(C(F)(F)F)cc(-c2ccc(F)cc2)c1C(=O)NC1CC1. The van der Waals surface area contributed by atoms with Crippen LogP contribution in [-0.2, 0) is 12.7 Å². The lowest BCUT2D eigenvalue weighted by Gasteiger charge is -2.17. The molecule has 0 saturated heterocycles. The van der Waals surface area contributed by atoms with Crippen molar-refractivity contribution in [2.75, 3.05) is 0 Å². The summed E-state index contributed by atoms with van der Waals surface area (Å²) in [6.45, 7) is 3.64. The standard InChI is InChI=1S/C19H20F4N2O/c1-11(2)10-25-16(19(21,22)23)9-15(12-3-5-13(20)6-4-12)17(25)18(26)24-14-7-8-14/h3-6,9,11,14H,7-8,10H2,1-2H3,(H,24,26). The Bertz CT molecular complexity index is 802. The molecule has 1 N–H and O–H groups in total. The number of halogens is 4. The van der Waals surface area contributed by atoms with Gasteiger partial charge in [0.2, 0.25) is 0 Å². The van der Waals surface area contributed by atoms with Crippen molar-refractivity contribution in [1.29, 1.82) is 0 Å². The Hall–Kier alpha value is -2.31. The molecule has 7 heteroatoms. The second-order valence-electron chi connectivity index (χ2n) is 7.05. The lowest BCUT2D eigenvalue weighted by molar-refractivity contribution is -0.143. The average Bonchev–Trinajstić information content (AvgIpc) is 3.25. The van der Waals surface area contributed by atoms with Gasteiger partial charge in [-0.05, 0) is 42.5 Å². The first-order valence-electron chi connectivity index (χ1n) is 8.54. The van der Waals surface area contributed by atoms with E-state index in [1.165, 1.54) is 24.3 Å². The Kier molecular flexibility index (Phi) is 4.82. The van der Waals surface area contributed by atoms with Crippen LogP contribution in [0.15, 0.2) is 30.3 Å². The third-order valence-corrected chi connectivity index (χ3v) is 4.22. The molecule has 0 radical (unpaired) electrons. The number of nitrogens with zero attached hydrogens (tertiary/aromatic N) is 1. The Labute approximate surface area is 149 Å². The van der Waals surface area contributed by atoms with Crippen LogP contribution in [0, 0.1) is 11.7 Å². The molecular formula is C19H20F4N2O. The number of benzene rings is 1. The zero-order chi connectivity index (χ0) is 19.1. The maximum absolute atomic E-state index is 13.6. The van der Waals surface area contributed by atoms with E-state index in [1.807, 2.05) is 0 Å². The van der Waals surface area contributed by atoms with Crippen molar-refractivity contribution in [1.82, 2.24) is 9.88 Å². The maximum Gasteiger partial charge on any atom is 0.431 e. The molecule has 0 atom stereocenters. The van der Waals surface area contributed by atoms with Crippen LogP contribution in [0.1, 0.15) is 42.9 Å². The molecule has 140 valence electrons. The average molecular weight is 368 g/mol. The number of carbonyl (C=O) groups excluding carboxylic acids is 1. The monoisotopic (exact) mass is 368 g/mol. The summed E-state index contributed by atoms with van der Waals surface area (Å²) >= 11 is 0. The molecule has 0 bridgehead atoms. The van der Waals surface area contributed by atoms with Gasteiger partial charge in [-0.25, -0.2) is 4.39 Å². The maximum atomic E-state index is 13.6. The molecular weight excluding hydrogens is 348 g/mol. The van der Waals surface area contributed by atoms with Crippen molar-refractivity contribution in [2.45, 2.75) is 45.5 Å². The van der Waals surface area contributed by atoms with Gasteiger partial charge in [0.15, 0.2) is 0 Å². The van der Waals surface area contributed by atoms with Gasteiger partial charge >= 0.3 is 6.18 Å². The molecule has 1 fully saturated rings. The molecule has 1 amide bonds. The molecule has 0 unspecified atom stereocenters. The highest BCUT2D eigenvalue weighted by atomic mass is 19.4. The van der Waals surface area contributed by atoms with Crippen LogP contribution in [0.5, 0.6) is 0 Å². The molecule has 26 heavy (non-hydrogen) atoms. The van der Waals surface area contributed by atoms with Gasteiger partial charge in [-0.2, -0.15) is 13.2 Å². The van der Waals surface area contributed by atoms with E-state index in [4.69, 9.17) is 0 Å². The molecule has 1 heterocycles.